The number of anilines is 1. The SMILES string of the molecule is C[C@H]1CNCCCN1c1cc(-n2ccnc2)nc(C(N)=C2CCC[C@@]3(CCCCC3=O)C2=O)n1. The second-order valence-corrected chi connectivity index (χ2v) is 9.77. The topological polar surface area (TPSA) is 119 Å². The van der Waals surface area contributed by atoms with Gasteiger partial charge in [-0.2, -0.15) is 0 Å². The van der Waals surface area contributed by atoms with Crippen LogP contribution in [-0.2, 0) is 9.59 Å². The third-order valence-electron chi connectivity index (χ3n) is 7.58. The van der Waals surface area contributed by atoms with E-state index < -0.39 is 5.41 Å². The molecule has 0 bridgehead atoms. The van der Waals surface area contributed by atoms with Crippen LogP contribution in [0.15, 0.2) is 30.4 Å². The van der Waals surface area contributed by atoms with E-state index in [0.29, 0.717) is 48.6 Å². The van der Waals surface area contributed by atoms with Gasteiger partial charge in [-0.05, 0) is 52.0 Å². The molecule has 1 saturated heterocycles. The smallest absolute Gasteiger partial charge is 0.179 e. The summed E-state index contributed by atoms with van der Waals surface area (Å²) in [6.45, 7) is 4.85. The number of rotatable bonds is 3. The zero-order valence-corrected chi connectivity index (χ0v) is 19.8. The highest BCUT2D eigenvalue weighted by Gasteiger charge is 2.49. The van der Waals surface area contributed by atoms with Crippen molar-refractivity contribution in [2.75, 3.05) is 24.5 Å². The van der Waals surface area contributed by atoms with Crippen molar-refractivity contribution in [3.63, 3.8) is 0 Å². The first-order valence-electron chi connectivity index (χ1n) is 12.4. The summed E-state index contributed by atoms with van der Waals surface area (Å²) >= 11 is 0. The zero-order valence-electron chi connectivity index (χ0n) is 19.8. The number of allylic oxidation sites excluding steroid dienone is 1. The lowest BCUT2D eigenvalue weighted by molar-refractivity contribution is -0.143. The molecule has 2 aliphatic carbocycles. The second kappa shape index (κ2) is 9.29. The number of nitrogens with zero attached hydrogens (tertiary/aromatic N) is 5. The minimum atomic E-state index is -0.897. The standard InChI is InChI=1S/C25H33N7O2/c1-17-15-27-10-5-12-32(17)21-14-20(31-13-11-28-16-31)29-24(30-21)22(26)18-6-4-9-25(23(18)34)8-3-2-7-19(25)33/h11,13-14,16-17,27H,2-10,12,15,26H2,1H3/t17-,25+/m0/s1. The molecule has 180 valence electrons. The molecule has 2 atom stereocenters. The molecule has 3 N–H and O–H groups in total. The van der Waals surface area contributed by atoms with Gasteiger partial charge in [-0.15, -0.1) is 0 Å². The number of imidazole rings is 1. The average molecular weight is 464 g/mol. The summed E-state index contributed by atoms with van der Waals surface area (Å²) in [7, 11) is 0. The fourth-order valence-electron chi connectivity index (χ4n) is 5.64. The quantitative estimate of drug-likeness (QED) is 0.526. The molecule has 3 fully saturated rings. The first kappa shape index (κ1) is 22.7. The molecule has 0 amide bonds. The zero-order chi connectivity index (χ0) is 23.7. The molecule has 9 heteroatoms. The van der Waals surface area contributed by atoms with Gasteiger partial charge in [0.2, 0.25) is 0 Å². The Hall–Kier alpha value is -3.07. The molecular weight excluding hydrogens is 430 g/mol. The molecule has 2 saturated carbocycles. The van der Waals surface area contributed by atoms with Gasteiger partial charge in [-0.3, -0.25) is 14.2 Å². The van der Waals surface area contributed by atoms with Crippen molar-refractivity contribution >= 4 is 23.1 Å². The van der Waals surface area contributed by atoms with Gasteiger partial charge in [-0.1, -0.05) is 6.42 Å². The number of nitrogens with one attached hydrogen (secondary N) is 1. The van der Waals surface area contributed by atoms with Crippen molar-refractivity contribution < 1.29 is 9.59 Å². The van der Waals surface area contributed by atoms with Crippen LogP contribution in [-0.4, -0.2) is 56.8 Å². The molecule has 0 radical (unpaired) electrons. The van der Waals surface area contributed by atoms with Crippen LogP contribution >= 0.6 is 0 Å². The Bertz CT molecular complexity index is 1110. The maximum absolute atomic E-state index is 13.7. The number of carbonyl (C=O) groups is 2. The Morgan fingerprint density at radius 3 is 2.74 bits per heavy atom. The second-order valence-electron chi connectivity index (χ2n) is 9.77. The Morgan fingerprint density at radius 2 is 1.94 bits per heavy atom. The van der Waals surface area contributed by atoms with Crippen molar-refractivity contribution in [1.29, 1.82) is 0 Å². The molecule has 1 spiro atoms. The highest BCUT2D eigenvalue weighted by Crippen LogP contribution is 2.45. The molecule has 3 aliphatic rings. The van der Waals surface area contributed by atoms with Crippen LogP contribution in [0.3, 0.4) is 0 Å². The van der Waals surface area contributed by atoms with E-state index in [9.17, 15) is 9.59 Å². The first-order valence-corrected chi connectivity index (χ1v) is 12.4. The molecule has 2 aromatic heterocycles. The summed E-state index contributed by atoms with van der Waals surface area (Å²) in [6.07, 6.45) is 11.1. The minimum Gasteiger partial charge on any atom is -0.395 e. The van der Waals surface area contributed by atoms with Gasteiger partial charge in [0.25, 0.3) is 0 Å². The van der Waals surface area contributed by atoms with E-state index >= 15 is 0 Å². The highest BCUT2D eigenvalue weighted by molar-refractivity contribution is 6.17. The molecule has 0 aromatic carbocycles. The largest absolute Gasteiger partial charge is 0.395 e. The molecule has 0 unspecified atom stereocenters. The predicted octanol–water partition coefficient (Wildman–Crippen LogP) is 2.40. The van der Waals surface area contributed by atoms with E-state index in [1.807, 2.05) is 16.8 Å². The molecule has 3 heterocycles. The minimum absolute atomic E-state index is 0.0772. The van der Waals surface area contributed by atoms with Crippen molar-refractivity contribution in [3.8, 4) is 5.82 Å². The summed E-state index contributed by atoms with van der Waals surface area (Å²) in [5.41, 5.74) is 6.56. The van der Waals surface area contributed by atoms with Crippen LogP contribution in [0.25, 0.3) is 11.5 Å². The summed E-state index contributed by atoms with van der Waals surface area (Å²) in [5.74, 6) is 1.74. The van der Waals surface area contributed by atoms with Crippen molar-refractivity contribution in [2.24, 2.45) is 11.1 Å². The van der Waals surface area contributed by atoms with E-state index in [4.69, 9.17) is 15.7 Å². The van der Waals surface area contributed by atoms with E-state index in [1.165, 1.54) is 0 Å². The number of hydrogen-bond acceptors (Lipinski definition) is 8. The van der Waals surface area contributed by atoms with Crippen molar-refractivity contribution in [1.82, 2.24) is 24.8 Å². The number of carbonyl (C=O) groups excluding carboxylic acids is 2. The summed E-state index contributed by atoms with van der Waals surface area (Å²) < 4.78 is 1.82. The normalized spacial score (nSPS) is 27.7. The number of ketones is 2. The molecule has 5 rings (SSSR count). The maximum Gasteiger partial charge on any atom is 0.179 e. The van der Waals surface area contributed by atoms with Gasteiger partial charge >= 0.3 is 0 Å². The van der Waals surface area contributed by atoms with Crippen LogP contribution in [0, 0.1) is 5.41 Å². The monoisotopic (exact) mass is 463 g/mol. The van der Waals surface area contributed by atoms with Gasteiger partial charge in [0.15, 0.2) is 11.6 Å². The van der Waals surface area contributed by atoms with Gasteiger partial charge in [0.1, 0.15) is 23.7 Å². The number of Topliss-reactive ketones (excluding diaryl/α,β-unsaturated/α-hetero) is 2. The van der Waals surface area contributed by atoms with Gasteiger partial charge in [-0.25, -0.2) is 15.0 Å². The number of hydrogen-bond donors (Lipinski definition) is 2. The highest BCUT2D eigenvalue weighted by atomic mass is 16.2. The molecular formula is C25H33N7O2. The van der Waals surface area contributed by atoms with Gasteiger partial charge in [0, 0.05) is 49.6 Å². The fourth-order valence-corrected chi connectivity index (χ4v) is 5.64. The molecule has 1 aliphatic heterocycles. The average Bonchev–Trinajstić information content (AvgIpc) is 3.30. The Morgan fingerprint density at radius 1 is 1.12 bits per heavy atom. The van der Waals surface area contributed by atoms with Crippen LogP contribution < -0.4 is 16.0 Å². The van der Waals surface area contributed by atoms with Gasteiger partial charge < -0.3 is 16.0 Å². The molecule has 9 nitrogen and oxygen atoms in total. The van der Waals surface area contributed by atoms with E-state index in [1.54, 1.807) is 12.5 Å². The maximum atomic E-state index is 13.7. The molecule has 2 aromatic rings. The fraction of sp³-hybridized carbons (Fsp3) is 0.560. The Kier molecular flexibility index (Phi) is 6.20. The van der Waals surface area contributed by atoms with E-state index in [-0.39, 0.29) is 17.6 Å². The van der Waals surface area contributed by atoms with Crippen molar-refractivity contribution in [2.45, 2.75) is 64.3 Å². The van der Waals surface area contributed by atoms with E-state index in [2.05, 4.69) is 22.1 Å². The van der Waals surface area contributed by atoms with Crippen LogP contribution in [0.4, 0.5) is 5.82 Å². The summed E-state index contributed by atoms with van der Waals surface area (Å²) in [6, 6.07) is 2.19. The summed E-state index contributed by atoms with van der Waals surface area (Å²) in [5, 5.41) is 3.46. The van der Waals surface area contributed by atoms with E-state index in [0.717, 1.165) is 51.1 Å². The van der Waals surface area contributed by atoms with Crippen LogP contribution in [0.5, 0.6) is 0 Å². The third kappa shape index (κ3) is 4.02. The van der Waals surface area contributed by atoms with Crippen molar-refractivity contribution in [3.05, 3.63) is 36.2 Å². The third-order valence-corrected chi connectivity index (χ3v) is 7.58. The predicted molar refractivity (Wildman–Crippen MR) is 129 cm³/mol. The Labute approximate surface area is 199 Å². The summed E-state index contributed by atoms with van der Waals surface area (Å²) in [4.78, 5) is 42.6. The lowest BCUT2D eigenvalue weighted by Crippen LogP contribution is -2.45. The van der Waals surface area contributed by atoms with Crippen LogP contribution in [0.2, 0.25) is 0 Å². The van der Waals surface area contributed by atoms with Crippen LogP contribution in [0.1, 0.15) is 64.1 Å². The van der Waals surface area contributed by atoms with Gasteiger partial charge in [0.05, 0.1) is 11.1 Å². The lowest BCUT2D eigenvalue weighted by atomic mass is 9.62. The molecule has 34 heavy (non-hydrogen) atoms. The lowest BCUT2D eigenvalue weighted by Gasteiger charge is -2.38. The number of aromatic nitrogens is 4. The first-order chi connectivity index (χ1) is 16.5. The Balaban J connectivity index is 1.59. The number of nitrogens with two attached hydrogens (primary N) is 1.